The molecule has 3 aromatic rings. The fraction of sp³-hybridized carbons (Fsp3) is 0.385. The minimum Gasteiger partial charge on any atom is -0.329 e. The second-order valence-corrected chi connectivity index (χ2v) is 8.44. The fourth-order valence-corrected chi connectivity index (χ4v) is 4.66. The van der Waals surface area contributed by atoms with Gasteiger partial charge in [0.1, 0.15) is 11.6 Å². The Morgan fingerprint density at radius 2 is 1.84 bits per heavy atom. The predicted octanol–water partition coefficient (Wildman–Crippen LogP) is 3.83. The highest BCUT2D eigenvalue weighted by Crippen LogP contribution is 2.27. The van der Waals surface area contributed by atoms with E-state index in [4.69, 9.17) is 10.7 Å². The molecular weight excluding hydrogens is 403 g/mol. The number of hydrogen-bond donors (Lipinski definition) is 1. The van der Waals surface area contributed by atoms with Crippen LogP contribution >= 0.6 is 0 Å². The van der Waals surface area contributed by atoms with Gasteiger partial charge >= 0.3 is 0 Å². The summed E-state index contributed by atoms with van der Waals surface area (Å²) in [6.07, 6.45) is 3.43. The van der Waals surface area contributed by atoms with E-state index in [0.717, 1.165) is 53.9 Å². The first-order valence-corrected chi connectivity index (χ1v) is 11.5. The smallest absolute Gasteiger partial charge is 0.257 e. The first-order valence-electron chi connectivity index (χ1n) is 11.5. The zero-order chi connectivity index (χ0) is 22.5. The van der Waals surface area contributed by atoms with Crippen molar-refractivity contribution in [3.8, 4) is 0 Å². The van der Waals surface area contributed by atoms with E-state index >= 15 is 0 Å². The molecule has 0 saturated heterocycles. The third-order valence-corrected chi connectivity index (χ3v) is 6.24. The molecule has 1 unspecified atom stereocenters. The van der Waals surface area contributed by atoms with E-state index < -0.39 is 0 Å². The molecule has 4 rings (SSSR count). The highest BCUT2D eigenvalue weighted by molar-refractivity contribution is 5.26. The minimum atomic E-state index is -0.247. The van der Waals surface area contributed by atoms with Gasteiger partial charge in [-0.05, 0) is 48.9 Å². The SMILES string of the molecule is CCC(c1nc2c(c(=O)n1Cc1ccccc1)CCC2)N(CCN)Cc1ccc(F)cc1. The molecule has 2 aromatic carbocycles. The van der Waals surface area contributed by atoms with Gasteiger partial charge in [-0.1, -0.05) is 49.4 Å². The van der Waals surface area contributed by atoms with Crippen molar-refractivity contribution >= 4 is 0 Å². The summed E-state index contributed by atoms with van der Waals surface area (Å²) in [6.45, 7) is 4.39. The molecule has 1 aromatic heterocycles. The van der Waals surface area contributed by atoms with E-state index in [9.17, 15) is 9.18 Å². The summed E-state index contributed by atoms with van der Waals surface area (Å²) in [5.41, 5.74) is 9.95. The summed E-state index contributed by atoms with van der Waals surface area (Å²) in [5.74, 6) is 0.556. The quantitative estimate of drug-likeness (QED) is 0.556. The van der Waals surface area contributed by atoms with Gasteiger partial charge < -0.3 is 5.73 Å². The maximum absolute atomic E-state index is 13.5. The molecule has 1 heterocycles. The van der Waals surface area contributed by atoms with Gasteiger partial charge in [-0.2, -0.15) is 0 Å². The van der Waals surface area contributed by atoms with Gasteiger partial charge in [0.25, 0.3) is 5.56 Å². The molecular formula is C26H31FN4O. The summed E-state index contributed by atoms with van der Waals surface area (Å²) in [4.78, 5) is 20.8. The third-order valence-electron chi connectivity index (χ3n) is 6.24. The first-order chi connectivity index (χ1) is 15.6. The van der Waals surface area contributed by atoms with E-state index in [2.05, 4.69) is 11.8 Å². The van der Waals surface area contributed by atoms with Crippen molar-refractivity contribution in [2.45, 2.75) is 51.7 Å². The van der Waals surface area contributed by atoms with Crippen molar-refractivity contribution in [3.05, 3.63) is 99.0 Å². The molecule has 0 bridgehead atoms. The highest BCUT2D eigenvalue weighted by Gasteiger charge is 2.28. The van der Waals surface area contributed by atoms with Crippen LogP contribution < -0.4 is 11.3 Å². The Morgan fingerprint density at radius 3 is 2.53 bits per heavy atom. The Bertz CT molecular complexity index is 1100. The summed E-state index contributed by atoms with van der Waals surface area (Å²) in [7, 11) is 0. The van der Waals surface area contributed by atoms with Crippen LogP contribution in [0.5, 0.6) is 0 Å². The molecule has 6 heteroatoms. The summed E-state index contributed by atoms with van der Waals surface area (Å²) < 4.78 is 15.3. The second kappa shape index (κ2) is 10.2. The maximum Gasteiger partial charge on any atom is 0.257 e. The van der Waals surface area contributed by atoms with Crippen LogP contribution in [0.2, 0.25) is 0 Å². The Hall–Kier alpha value is -2.83. The van der Waals surface area contributed by atoms with Gasteiger partial charge in [-0.25, -0.2) is 9.37 Å². The van der Waals surface area contributed by atoms with Crippen LogP contribution in [0, 0.1) is 5.82 Å². The van der Waals surface area contributed by atoms with Crippen LogP contribution in [-0.4, -0.2) is 27.5 Å². The number of benzene rings is 2. The molecule has 1 aliphatic rings. The Morgan fingerprint density at radius 1 is 1.09 bits per heavy atom. The van der Waals surface area contributed by atoms with Crippen molar-refractivity contribution in [3.63, 3.8) is 0 Å². The fourth-order valence-electron chi connectivity index (χ4n) is 4.66. The van der Waals surface area contributed by atoms with Crippen LogP contribution in [0.4, 0.5) is 4.39 Å². The Labute approximate surface area is 188 Å². The average molecular weight is 435 g/mol. The van der Waals surface area contributed by atoms with E-state index in [1.165, 1.54) is 12.1 Å². The summed E-state index contributed by atoms with van der Waals surface area (Å²) >= 11 is 0. The van der Waals surface area contributed by atoms with Gasteiger partial charge in [0.15, 0.2) is 0 Å². The number of fused-ring (bicyclic) bond motifs is 1. The van der Waals surface area contributed by atoms with Crippen molar-refractivity contribution in [2.24, 2.45) is 5.73 Å². The molecule has 1 atom stereocenters. The van der Waals surface area contributed by atoms with Gasteiger partial charge in [-0.3, -0.25) is 14.3 Å². The van der Waals surface area contributed by atoms with Crippen molar-refractivity contribution in [1.29, 1.82) is 0 Å². The van der Waals surface area contributed by atoms with Gasteiger partial charge in [0.2, 0.25) is 0 Å². The number of nitrogens with zero attached hydrogens (tertiary/aromatic N) is 3. The molecule has 168 valence electrons. The monoisotopic (exact) mass is 434 g/mol. The van der Waals surface area contributed by atoms with Gasteiger partial charge in [-0.15, -0.1) is 0 Å². The summed E-state index contributed by atoms with van der Waals surface area (Å²) in [5, 5.41) is 0. The van der Waals surface area contributed by atoms with Crippen LogP contribution in [0.1, 0.15) is 54.0 Å². The molecule has 0 aliphatic heterocycles. The van der Waals surface area contributed by atoms with Crippen molar-refractivity contribution in [2.75, 3.05) is 13.1 Å². The van der Waals surface area contributed by atoms with Crippen molar-refractivity contribution in [1.82, 2.24) is 14.5 Å². The molecule has 0 saturated carbocycles. The maximum atomic E-state index is 13.5. The number of halogens is 1. The number of aromatic nitrogens is 2. The standard InChI is InChI=1S/C26H31FN4O/c1-2-24(30(16-15-28)17-20-11-13-21(27)14-12-20)25-29-23-10-6-9-22(23)26(32)31(25)18-19-7-4-3-5-8-19/h3-5,7-8,11-14,24H,2,6,9-10,15-18,28H2,1H3. The topological polar surface area (TPSA) is 64.2 Å². The zero-order valence-electron chi connectivity index (χ0n) is 18.6. The van der Waals surface area contributed by atoms with Crippen molar-refractivity contribution < 1.29 is 4.39 Å². The molecule has 0 amide bonds. The van der Waals surface area contributed by atoms with Crippen LogP contribution in [0.15, 0.2) is 59.4 Å². The largest absolute Gasteiger partial charge is 0.329 e. The zero-order valence-corrected chi connectivity index (χ0v) is 18.6. The molecule has 5 nitrogen and oxygen atoms in total. The van der Waals surface area contributed by atoms with Crippen LogP contribution in [0.25, 0.3) is 0 Å². The lowest BCUT2D eigenvalue weighted by Gasteiger charge is -2.32. The lowest BCUT2D eigenvalue weighted by atomic mass is 10.1. The van der Waals surface area contributed by atoms with Crippen LogP contribution in [0.3, 0.4) is 0 Å². The van der Waals surface area contributed by atoms with E-state index in [-0.39, 0.29) is 17.4 Å². The molecule has 1 aliphatic carbocycles. The number of aryl methyl sites for hydroxylation is 1. The lowest BCUT2D eigenvalue weighted by molar-refractivity contribution is 0.175. The second-order valence-electron chi connectivity index (χ2n) is 8.44. The first kappa shape index (κ1) is 22.4. The molecule has 32 heavy (non-hydrogen) atoms. The molecule has 0 fully saturated rings. The van der Waals surface area contributed by atoms with Gasteiger partial charge in [0, 0.05) is 25.2 Å². The van der Waals surface area contributed by atoms with E-state index in [1.54, 1.807) is 12.1 Å². The minimum absolute atomic E-state index is 0.0640. The number of rotatable bonds is 9. The van der Waals surface area contributed by atoms with Gasteiger partial charge in [0.05, 0.1) is 18.3 Å². The lowest BCUT2D eigenvalue weighted by Crippen LogP contribution is -2.38. The molecule has 2 N–H and O–H groups in total. The van der Waals surface area contributed by atoms with E-state index in [1.807, 2.05) is 34.9 Å². The Kier molecular flexibility index (Phi) is 7.12. The number of nitrogens with two attached hydrogens (primary N) is 1. The molecule has 0 spiro atoms. The normalized spacial score (nSPS) is 14.0. The average Bonchev–Trinajstić information content (AvgIpc) is 3.28. The number of hydrogen-bond acceptors (Lipinski definition) is 4. The third kappa shape index (κ3) is 4.81. The Balaban J connectivity index is 1.76. The van der Waals surface area contributed by atoms with Crippen LogP contribution in [-0.2, 0) is 25.9 Å². The molecule has 0 radical (unpaired) electrons. The highest BCUT2D eigenvalue weighted by atomic mass is 19.1. The predicted molar refractivity (Wildman–Crippen MR) is 125 cm³/mol. The van der Waals surface area contributed by atoms with E-state index in [0.29, 0.717) is 26.2 Å². The summed E-state index contributed by atoms with van der Waals surface area (Å²) in [6, 6.07) is 16.6.